The van der Waals surface area contributed by atoms with Gasteiger partial charge in [-0.25, -0.2) is 0 Å². The van der Waals surface area contributed by atoms with Crippen LogP contribution >= 0.6 is 0 Å². The smallest absolute Gasteiger partial charge is 0.243 e. The minimum Gasteiger partial charge on any atom is -0.359 e. The average molecular weight is 294 g/mol. The Morgan fingerprint density at radius 2 is 1.91 bits per heavy atom. The van der Waals surface area contributed by atoms with Gasteiger partial charge in [-0.15, -0.1) is 0 Å². The zero-order chi connectivity index (χ0) is 15.5. The molecule has 0 aromatic heterocycles. The van der Waals surface area contributed by atoms with E-state index in [1.165, 1.54) is 16.8 Å². The Hall–Kier alpha value is -2.29. The van der Waals surface area contributed by atoms with Crippen molar-refractivity contribution in [2.24, 2.45) is 0 Å². The Morgan fingerprint density at radius 1 is 1.18 bits per heavy atom. The molecule has 1 N–H and O–H groups in total. The van der Waals surface area contributed by atoms with E-state index in [1.807, 2.05) is 18.2 Å². The van der Waals surface area contributed by atoms with Gasteiger partial charge in [-0.3, -0.25) is 4.79 Å². The third-order valence-electron chi connectivity index (χ3n) is 4.31. The summed E-state index contributed by atoms with van der Waals surface area (Å²) in [5, 5.41) is 2.99. The van der Waals surface area contributed by atoms with Gasteiger partial charge < -0.3 is 10.2 Å². The molecule has 0 saturated carbocycles. The van der Waals surface area contributed by atoms with Crippen LogP contribution < -0.4 is 10.2 Å². The number of nitrogens with zero attached hydrogens (tertiary/aromatic N) is 1. The summed E-state index contributed by atoms with van der Waals surface area (Å²) in [4.78, 5) is 14.5. The summed E-state index contributed by atoms with van der Waals surface area (Å²) < 4.78 is 0. The van der Waals surface area contributed by atoms with Gasteiger partial charge in [0.25, 0.3) is 0 Å². The maximum atomic E-state index is 12.3. The number of hydrogen-bond donors (Lipinski definition) is 1. The molecule has 0 saturated heterocycles. The third-order valence-corrected chi connectivity index (χ3v) is 4.31. The van der Waals surface area contributed by atoms with Crippen LogP contribution in [0.1, 0.15) is 25.0 Å². The molecular formula is C19H22N2O. The highest BCUT2D eigenvalue weighted by Gasteiger charge is 2.26. The van der Waals surface area contributed by atoms with E-state index in [-0.39, 0.29) is 5.91 Å². The number of para-hydroxylation sites is 1. The van der Waals surface area contributed by atoms with Crippen LogP contribution in [-0.2, 0) is 17.6 Å². The molecular weight excluding hydrogens is 272 g/mol. The quantitative estimate of drug-likeness (QED) is 0.933. The number of rotatable bonds is 4. The Balaban J connectivity index is 1.66. The predicted molar refractivity (Wildman–Crippen MR) is 91.4 cm³/mol. The van der Waals surface area contributed by atoms with Crippen molar-refractivity contribution in [2.45, 2.75) is 32.7 Å². The Kier molecular flexibility index (Phi) is 4.14. The number of hydrogen-bond acceptors (Lipinski definition) is 2. The first-order chi connectivity index (χ1) is 10.7. The van der Waals surface area contributed by atoms with Crippen molar-refractivity contribution in [2.75, 3.05) is 16.8 Å². The van der Waals surface area contributed by atoms with Crippen LogP contribution in [0.15, 0.2) is 48.5 Å². The lowest BCUT2D eigenvalue weighted by molar-refractivity contribution is -0.115. The van der Waals surface area contributed by atoms with E-state index in [0.717, 1.165) is 18.5 Å². The maximum absolute atomic E-state index is 12.3. The van der Waals surface area contributed by atoms with Crippen molar-refractivity contribution in [3.8, 4) is 0 Å². The second-order valence-electron chi connectivity index (χ2n) is 5.91. The zero-order valence-corrected chi connectivity index (χ0v) is 13.2. The first kappa shape index (κ1) is 14.6. The Bertz CT molecular complexity index is 663. The summed E-state index contributed by atoms with van der Waals surface area (Å²) in [5.74, 6) is 0.0350. The molecule has 22 heavy (non-hydrogen) atoms. The van der Waals surface area contributed by atoms with Crippen LogP contribution in [-0.4, -0.2) is 18.5 Å². The lowest BCUT2D eigenvalue weighted by atomic mass is 10.1. The van der Waals surface area contributed by atoms with Crippen molar-refractivity contribution >= 4 is 17.3 Å². The van der Waals surface area contributed by atoms with Crippen molar-refractivity contribution in [1.29, 1.82) is 0 Å². The highest BCUT2D eigenvalue weighted by atomic mass is 16.2. The van der Waals surface area contributed by atoms with Crippen LogP contribution in [0, 0.1) is 0 Å². The lowest BCUT2D eigenvalue weighted by Gasteiger charge is -2.24. The summed E-state index contributed by atoms with van der Waals surface area (Å²) in [6.45, 7) is 4.69. The molecule has 3 nitrogen and oxygen atoms in total. The molecule has 0 aliphatic carbocycles. The highest BCUT2D eigenvalue weighted by Crippen LogP contribution is 2.31. The molecule has 3 heteroatoms. The monoisotopic (exact) mass is 294 g/mol. The molecule has 114 valence electrons. The predicted octanol–water partition coefficient (Wildman–Crippen LogP) is 3.64. The molecule has 2 aromatic rings. The number of carbonyl (C=O) groups excluding carboxylic acids is 1. The van der Waals surface area contributed by atoms with Gasteiger partial charge in [0.1, 0.15) is 0 Å². The highest BCUT2D eigenvalue weighted by molar-refractivity contribution is 5.94. The molecule has 0 unspecified atom stereocenters. The fraction of sp³-hybridized carbons (Fsp3) is 0.316. The Morgan fingerprint density at radius 3 is 2.64 bits per heavy atom. The van der Waals surface area contributed by atoms with Crippen molar-refractivity contribution in [1.82, 2.24) is 0 Å². The van der Waals surface area contributed by atoms with Gasteiger partial charge in [-0.05, 0) is 49.1 Å². The van der Waals surface area contributed by atoms with Gasteiger partial charge >= 0.3 is 0 Å². The number of amides is 1. The first-order valence-corrected chi connectivity index (χ1v) is 7.90. The molecule has 1 atom stereocenters. The number of anilines is 2. The Labute approximate surface area is 132 Å². The van der Waals surface area contributed by atoms with Crippen molar-refractivity contribution in [3.05, 3.63) is 59.7 Å². The van der Waals surface area contributed by atoms with Gasteiger partial charge in [0.2, 0.25) is 5.91 Å². The molecule has 0 bridgehead atoms. The summed E-state index contributed by atoms with van der Waals surface area (Å²) in [5.41, 5.74) is 4.66. The second kappa shape index (κ2) is 6.22. The molecule has 0 radical (unpaired) electrons. The minimum absolute atomic E-state index is 0.0350. The number of aryl methyl sites for hydroxylation is 1. The molecule has 1 amide bonds. The van der Waals surface area contributed by atoms with Gasteiger partial charge in [0, 0.05) is 17.4 Å². The normalized spacial score (nSPS) is 16.5. The maximum Gasteiger partial charge on any atom is 0.243 e. The van der Waals surface area contributed by atoms with E-state index in [1.54, 1.807) is 0 Å². The van der Waals surface area contributed by atoms with Crippen LogP contribution in [0.3, 0.4) is 0 Å². The fourth-order valence-corrected chi connectivity index (χ4v) is 3.05. The third kappa shape index (κ3) is 2.98. The molecule has 1 heterocycles. The number of benzene rings is 2. The van der Waals surface area contributed by atoms with E-state index in [9.17, 15) is 4.79 Å². The topological polar surface area (TPSA) is 32.3 Å². The summed E-state index contributed by atoms with van der Waals surface area (Å²) >= 11 is 0. The molecule has 2 aromatic carbocycles. The minimum atomic E-state index is 0.0350. The number of carbonyl (C=O) groups is 1. The zero-order valence-electron chi connectivity index (χ0n) is 13.2. The first-order valence-electron chi connectivity index (χ1n) is 7.90. The summed E-state index contributed by atoms with van der Waals surface area (Å²) in [6.07, 6.45) is 2.02. The van der Waals surface area contributed by atoms with E-state index in [4.69, 9.17) is 0 Å². The summed E-state index contributed by atoms with van der Waals surface area (Å²) in [7, 11) is 0. The van der Waals surface area contributed by atoms with Gasteiger partial charge in [-0.2, -0.15) is 0 Å². The average Bonchev–Trinajstić information content (AvgIpc) is 2.84. The van der Waals surface area contributed by atoms with Crippen LogP contribution in [0.25, 0.3) is 0 Å². The molecule has 3 rings (SSSR count). The van der Waals surface area contributed by atoms with Gasteiger partial charge in [0.15, 0.2) is 0 Å². The summed E-state index contributed by atoms with van der Waals surface area (Å²) in [6, 6.07) is 16.8. The molecule has 1 aliphatic heterocycles. The van der Waals surface area contributed by atoms with Crippen molar-refractivity contribution in [3.63, 3.8) is 0 Å². The SMILES string of the molecule is CCc1ccc(NC(=O)CN2c3ccccc3C[C@H]2C)cc1. The van der Waals surface area contributed by atoms with E-state index >= 15 is 0 Å². The lowest BCUT2D eigenvalue weighted by Crippen LogP contribution is -2.37. The number of fused-ring (bicyclic) bond motifs is 1. The largest absolute Gasteiger partial charge is 0.359 e. The van der Waals surface area contributed by atoms with Crippen molar-refractivity contribution < 1.29 is 4.79 Å². The van der Waals surface area contributed by atoms with Gasteiger partial charge in [-0.1, -0.05) is 37.3 Å². The van der Waals surface area contributed by atoms with E-state index in [2.05, 4.69) is 54.4 Å². The molecule has 0 spiro atoms. The van der Waals surface area contributed by atoms with E-state index < -0.39 is 0 Å². The molecule has 1 aliphatic rings. The second-order valence-corrected chi connectivity index (χ2v) is 5.91. The molecule has 0 fully saturated rings. The van der Waals surface area contributed by atoms with Crippen LogP contribution in [0.5, 0.6) is 0 Å². The number of nitrogens with one attached hydrogen (secondary N) is 1. The fourth-order valence-electron chi connectivity index (χ4n) is 3.05. The van der Waals surface area contributed by atoms with Gasteiger partial charge in [0.05, 0.1) is 6.54 Å². The standard InChI is InChI=1S/C19H22N2O/c1-3-15-8-10-17(11-9-15)20-19(22)13-21-14(2)12-16-6-4-5-7-18(16)21/h4-11,14H,3,12-13H2,1-2H3,(H,20,22)/t14-/m1/s1. The van der Waals surface area contributed by atoms with E-state index in [0.29, 0.717) is 12.6 Å². The van der Waals surface area contributed by atoms with Crippen LogP contribution in [0.4, 0.5) is 11.4 Å². The van der Waals surface area contributed by atoms with Crippen LogP contribution in [0.2, 0.25) is 0 Å².